The Kier molecular flexibility index (Phi) is 3.33. The van der Waals surface area contributed by atoms with Crippen LogP contribution in [0.2, 0.25) is 0 Å². The first-order chi connectivity index (χ1) is 7.48. The Morgan fingerprint density at radius 2 is 1.81 bits per heavy atom. The molecule has 2 heteroatoms. The lowest BCUT2D eigenvalue weighted by atomic mass is 9.62. The zero-order valence-corrected chi connectivity index (χ0v) is 11.1. The van der Waals surface area contributed by atoms with Crippen LogP contribution in [0.5, 0.6) is 0 Å². The maximum Gasteiger partial charge on any atom is 0.0754 e. The molecule has 0 bridgehead atoms. The van der Waals surface area contributed by atoms with E-state index in [4.69, 9.17) is 10.5 Å². The number of nitrogens with two attached hydrogens (primary N) is 1. The van der Waals surface area contributed by atoms with Crippen molar-refractivity contribution in [2.45, 2.75) is 59.0 Å². The Morgan fingerprint density at radius 1 is 1.19 bits per heavy atom. The van der Waals surface area contributed by atoms with Crippen molar-refractivity contribution in [1.82, 2.24) is 0 Å². The standard InChI is InChI=1S/C14H27NO/c1-13(2,3)11-4-6-14(7-5-11)8-9-16-12(14)10-15/h11-12H,4-10,15H2,1-3H3. The van der Waals surface area contributed by atoms with Crippen LogP contribution in [0, 0.1) is 16.7 Å². The van der Waals surface area contributed by atoms with Crippen molar-refractivity contribution in [3.05, 3.63) is 0 Å². The molecule has 1 heterocycles. The van der Waals surface area contributed by atoms with E-state index in [0.29, 0.717) is 23.5 Å². The molecule has 94 valence electrons. The zero-order valence-electron chi connectivity index (χ0n) is 11.1. The summed E-state index contributed by atoms with van der Waals surface area (Å²) in [7, 11) is 0. The third-order valence-electron chi connectivity index (χ3n) is 5.02. The second-order valence-electron chi connectivity index (χ2n) is 6.85. The lowest BCUT2D eigenvalue weighted by Gasteiger charge is -2.44. The molecule has 1 aliphatic heterocycles. The first-order valence-corrected chi connectivity index (χ1v) is 6.80. The van der Waals surface area contributed by atoms with Crippen molar-refractivity contribution in [1.29, 1.82) is 0 Å². The topological polar surface area (TPSA) is 35.2 Å². The third kappa shape index (κ3) is 2.14. The molecule has 1 unspecified atom stereocenters. The van der Waals surface area contributed by atoms with Crippen LogP contribution in [0.3, 0.4) is 0 Å². The first-order valence-electron chi connectivity index (χ1n) is 6.80. The van der Waals surface area contributed by atoms with E-state index in [1.165, 1.54) is 32.1 Å². The molecule has 0 amide bonds. The van der Waals surface area contributed by atoms with Crippen LogP contribution >= 0.6 is 0 Å². The second-order valence-corrected chi connectivity index (χ2v) is 6.85. The van der Waals surface area contributed by atoms with Gasteiger partial charge in [0.15, 0.2) is 0 Å². The Labute approximate surface area is 99.9 Å². The lowest BCUT2D eigenvalue weighted by molar-refractivity contribution is 0.0104. The van der Waals surface area contributed by atoms with Gasteiger partial charge in [0.1, 0.15) is 0 Å². The number of ether oxygens (including phenoxy) is 1. The van der Waals surface area contributed by atoms with Gasteiger partial charge < -0.3 is 10.5 Å². The van der Waals surface area contributed by atoms with Crippen LogP contribution in [-0.2, 0) is 4.74 Å². The highest BCUT2D eigenvalue weighted by Crippen LogP contribution is 2.51. The smallest absolute Gasteiger partial charge is 0.0754 e. The van der Waals surface area contributed by atoms with Crippen LogP contribution < -0.4 is 5.73 Å². The minimum atomic E-state index is 0.341. The molecule has 1 saturated carbocycles. The predicted octanol–water partition coefficient (Wildman–Crippen LogP) is 2.96. The molecule has 2 aliphatic rings. The molecule has 2 N–H and O–H groups in total. The summed E-state index contributed by atoms with van der Waals surface area (Å²) in [6, 6.07) is 0. The summed E-state index contributed by atoms with van der Waals surface area (Å²) in [6.45, 7) is 8.77. The van der Waals surface area contributed by atoms with Crippen LogP contribution in [0.25, 0.3) is 0 Å². The van der Waals surface area contributed by atoms with E-state index in [0.717, 1.165) is 12.5 Å². The van der Waals surface area contributed by atoms with Gasteiger partial charge in [-0.15, -0.1) is 0 Å². The second kappa shape index (κ2) is 4.30. The highest BCUT2D eigenvalue weighted by atomic mass is 16.5. The molecular weight excluding hydrogens is 198 g/mol. The molecule has 1 spiro atoms. The minimum Gasteiger partial charge on any atom is -0.376 e. The first kappa shape index (κ1) is 12.4. The van der Waals surface area contributed by atoms with Gasteiger partial charge in [-0.1, -0.05) is 20.8 Å². The van der Waals surface area contributed by atoms with Gasteiger partial charge in [0, 0.05) is 18.6 Å². The summed E-state index contributed by atoms with van der Waals surface area (Å²) in [5.74, 6) is 0.886. The van der Waals surface area contributed by atoms with Gasteiger partial charge in [0.25, 0.3) is 0 Å². The van der Waals surface area contributed by atoms with E-state index >= 15 is 0 Å². The Balaban J connectivity index is 1.98. The Bertz CT molecular complexity index is 236. The molecule has 2 nitrogen and oxygen atoms in total. The van der Waals surface area contributed by atoms with Gasteiger partial charge in [0.2, 0.25) is 0 Å². The van der Waals surface area contributed by atoms with Gasteiger partial charge in [-0.25, -0.2) is 0 Å². The molecule has 1 saturated heterocycles. The molecule has 1 atom stereocenters. The molecule has 2 rings (SSSR count). The van der Waals surface area contributed by atoms with E-state index in [-0.39, 0.29) is 0 Å². The molecule has 0 radical (unpaired) electrons. The maximum atomic E-state index is 5.83. The predicted molar refractivity (Wildman–Crippen MR) is 67.3 cm³/mol. The van der Waals surface area contributed by atoms with E-state index in [2.05, 4.69) is 20.8 Å². The summed E-state index contributed by atoms with van der Waals surface area (Å²) in [5.41, 5.74) is 6.75. The van der Waals surface area contributed by atoms with E-state index in [1.807, 2.05) is 0 Å². The van der Waals surface area contributed by atoms with Crippen molar-refractivity contribution in [2.75, 3.05) is 13.2 Å². The summed E-state index contributed by atoms with van der Waals surface area (Å²) >= 11 is 0. The van der Waals surface area contributed by atoms with Crippen molar-refractivity contribution in [3.8, 4) is 0 Å². The summed E-state index contributed by atoms with van der Waals surface area (Å²) in [5, 5.41) is 0. The molecule has 1 aliphatic carbocycles. The van der Waals surface area contributed by atoms with Crippen molar-refractivity contribution in [2.24, 2.45) is 22.5 Å². The highest BCUT2D eigenvalue weighted by molar-refractivity contribution is 4.97. The maximum absolute atomic E-state index is 5.83. The van der Waals surface area contributed by atoms with Crippen LogP contribution in [0.15, 0.2) is 0 Å². The summed E-state index contributed by atoms with van der Waals surface area (Å²) in [4.78, 5) is 0. The monoisotopic (exact) mass is 225 g/mol. The third-order valence-corrected chi connectivity index (χ3v) is 5.02. The van der Waals surface area contributed by atoms with Crippen molar-refractivity contribution < 1.29 is 4.74 Å². The fraction of sp³-hybridized carbons (Fsp3) is 1.00. The van der Waals surface area contributed by atoms with Crippen molar-refractivity contribution in [3.63, 3.8) is 0 Å². The quantitative estimate of drug-likeness (QED) is 0.744. The molecular formula is C14H27NO. The fourth-order valence-corrected chi connectivity index (χ4v) is 3.69. The molecule has 0 aromatic heterocycles. The van der Waals surface area contributed by atoms with Crippen molar-refractivity contribution >= 4 is 0 Å². The number of hydrogen-bond donors (Lipinski definition) is 1. The van der Waals surface area contributed by atoms with E-state index in [9.17, 15) is 0 Å². The summed E-state index contributed by atoms with van der Waals surface area (Å²) in [6.07, 6.45) is 6.97. The lowest BCUT2D eigenvalue weighted by Crippen LogP contribution is -2.41. The number of hydrogen-bond acceptors (Lipinski definition) is 2. The SMILES string of the molecule is CC(C)(C)C1CCC2(CCOC2CN)CC1. The van der Waals surface area contributed by atoms with Gasteiger partial charge in [-0.2, -0.15) is 0 Å². The molecule has 16 heavy (non-hydrogen) atoms. The molecule has 0 aromatic rings. The van der Waals surface area contributed by atoms with Gasteiger partial charge in [-0.05, 0) is 43.4 Å². The average Bonchev–Trinajstić information content (AvgIpc) is 2.60. The zero-order chi connectivity index (χ0) is 11.8. The largest absolute Gasteiger partial charge is 0.376 e. The minimum absolute atomic E-state index is 0.341. The Hall–Kier alpha value is -0.0800. The van der Waals surface area contributed by atoms with E-state index in [1.54, 1.807) is 0 Å². The Morgan fingerprint density at radius 3 is 2.31 bits per heavy atom. The van der Waals surface area contributed by atoms with Gasteiger partial charge >= 0.3 is 0 Å². The summed E-state index contributed by atoms with van der Waals surface area (Å²) < 4.78 is 5.79. The van der Waals surface area contributed by atoms with Crippen LogP contribution in [-0.4, -0.2) is 19.3 Å². The van der Waals surface area contributed by atoms with Gasteiger partial charge in [-0.3, -0.25) is 0 Å². The molecule has 0 aromatic carbocycles. The fourth-order valence-electron chi connectivity index (χ4n) is 3.69. The van der Waals surface area contributed by atoms with Gasteiger partial charge in [0.05, 0.1) is 6.10 Å². The van der Waals surface area contributed by atoms with Crippen LogP contribution in [0.4, 0.5) is 0 Å². The number of rotatable bonds is 1. The average molecular weight is 225 g/mol. The molecule has 2 fully saturated rings. The highest BCUT2D eigenvalue weighted by Gasteiger charge is 2.46. The normalized spacial score (nSPS) is 40.5. The van der Waals surface area contributed by atoms with E-state index < -0.39 is 0 Å². The van der Waals surface area contributed by atoms with Crippen LogP contribution in [0.1, 0.15) is 52.9 Å².